The average Bonchev–Trinajstić information content (AvgIpc) is 2.60. The molecule has 5 nitrogen and oxygen atoms in total. The Balaban J connectivity index is 2.01. The van der Waals surface area contributed by atoms with Crippen LogP contribution in [0.5, 0.6) is 11.5 Å². The zero-order chi connectivity index (χ0) is 18.2. The van der Waals surface area contributed by atoms with Crippen LogP contribution in [0.25, 0.3) is 0 Å². The lowest BCUT2D eigenvalue weighted by molar-refractivity contribution is 0.208. The summed E-state index contributed by atoms with van der Waals surface area (Å²) < 4.78 is 10.7. The number of rotatable bonds is 6. The Morgan fingerprint density at radius 2 is 1.84 bits per heavy atom. The summed E-state index contributed by atoms with van der Waals surface area (Å²) in [5.74, 6) is 4.02. The van der Waals surface area contributed by atoms with Gasteiger partial charge in [-0.1, -0.05) is 19.9 Å². The van der Waals surface area contributed by atoms with E-state index in [2.05, 4.69) is 37.1 Å². The zero-order valence-corrected chi connectivity index (χ0v) is 16.3. The second kappa shape index (κ2) is 9.54. The van der Waals surface area contributed by atoms with Crippen LogP contribution < -0.4 is 14.8 Å². The SMILES string of the molecule is CCNC(=NCCc1ccc(OC)c(OC)c1)N1CC(C)CC(C)C1. The molecule has 140 valence electrons. The lowest BCUT2D eigenvalue weighted by Gasteiger charge is -2.37. The maximum absolute atomic E-state index is 5.38. The van der Waals surface area contributed by atoms with Gasteiger partial charge in [0.2, 0.25) is 0 Å². The summed E-state index contributed by atoms with van der Waals surface area (Å²) in [6.07, 6.45) is 2.19. The summed E-state index contributed by atoms with van der Waals surface area (Å²) in [6, 6.07) is 6.07. The van der Waals surface area contributed by atoms with E-state index in [0.717, 1.165) is 61.9 Å². The van der Waals surface area contributed by atoms with Gasteiger partial charge >= 0.3 is 0 Å². The third-order valence-electron chi connectivity index (χ3n) is 4.61. The summed E-state index contributed by atoms with van der Waals surface area (Å²) in [5, 5.41) is 3.45. The van der Waals surface area contributed by atoms with Crippen LogP contribution in [0.1, 0.15) is 32.8 Å². The maximum atomic E-state index is 5.38. The van der Waals surface area contributed by atoms with Gasteiger partial charge in [0.25, 0.3) is 0 Å². The molecule has 0 aliphatic carbocycles. The van der Waals surface area contributed by atoms with Crippen molar-refractivity contribution in [1.29, 1.82) is 0 Å². The molecule has 0 radical (unpaired) electrons. The number of hydrogen-bond donors (Lipinski definition) is 1. The van der Waals surface area contributed by atoms with Crippen molar-refractivity contribution in [1.82, 2.24) is 10.2 Å². The summed E-state index contributed by atoms with van der Waals surface area (Å²) in [6.45, 7) is 10.6. The fraction of sp³-hybridized carbons (Fsp3) is 0.650. The predicted octanol–water partition coefficient (Wildman–Crippen LogP) is 3.19. The van der Waals surface area contributed by atoms with Crippen LogP contribution >= 0.6 is 0 Å². The highest BCUT2D eigenvalue weighted by molar-refractivity contribution is 5.80. The highest BCUT2D eigenvalue weighted by Gasteiger charge is 2.23. The number of likely N-dealkylation sites (tertiary alicyclic amines) is 1. The van der Waals surface area contributed by atoms with E-state index in [9.17, 15) is 0 Å². The largest absolute Gasteiger partial charge is 0.493 e. The van der Waals surface area contributed by atoms with Crippen LogP contribution in [0, 0.1) is 11.8 Å². The number of hydrogen-bond acceptors (Lipinski definition) is 3. The Labute approximate surface area is 152 Å². The highest BCUT2D eigenvalue weighted by Crippen LogP contribution is 2.27. The second-order valence-electron chi connectivity index (χ2n) is 7.03. The molecule has 2 rings (SSSR count). The standard InChI is InChI=1S/C20H33N3O2/c1-6-21-20(23-13-15(2)11-16(3)14-23)22-10-9-17-7-8-18(24-4)19(12-17)25-5/h7-8,12,15-16H,6,9-11,13-14H2,1-5H3,(H,21,22). The summed E-state index contributed by atoms with van der Waals surface area (Å²) in [5.41, 5.74) is 1.21. The monoisotopic (exact) mass is 347 g/mol. The lowest BCUT2D eigenvalue weighted by atomic mass is 9.92. The number of benzene rings is 1. The minimum Gasteiger partial charge on any atom is -0.493 e. The molecule has 1 N–H and O–H groups in total. The normalized spacial score (nSPS) is 21.2. The number of nitrogens with one attached hydrogen (secondary N) is 1. The Hall–Kier alpha value is -1.91. The van der Waals surface area contributed by atoms with Crippen molar-refractivity contribution in [2.45, 2.75) is 33.6 Å². The van der Waals surface area contributed by atoms with Gasteiger partial charge in [0.15, 0.2) is 17.5 Å². The van der Waals surface area contributed by atoms with Gasteiger partial charge in [-0.05, 0) is 49.3 Å². The Kier molecular flexibility index (Phi) is 7.41. The molecule has 1 aromatic carbocycles. The van der Waals surface area contributed by atoms with Gasteiger partial charge in [-0.15, -0.1) is 0 Å². The minimum atomic E-state index is 0.721. The highest BCUT2D eigenvalue weighted by atomic mass is 16.5. The first-order valence-electron chi connectivity index (χ1n) is 9.31. The molecular formula is C20H33N3O2. The van der Waals surface area contributed by atoms with Gasteiger partial charge in [-0.2, -0.15) is 0 Å². The molecule has 2 atom stereocenters. The molecule has 1 fully saturated rings. The number of ether oxygens (including phenoxy) is 2. The fourth-order valence-corrected chi connectivity index (χ4v) is 3.59. The smallest absolute Gasteiger partial charge is 0.193 e. The van der Waals surface area contributed by atoms with E-state index < -0.39 is 0 Å². The third-order valence-corrected chi connectivity index (χ3v) is 4.61. The molecule has 1 aliphatic heterocycles. The van der Waals surface area contributed by atoms with Gasteiger partial charge in [0, 0.05) is 26.2 Å². The van der Waals surface area contributed by atoms with Gasteiger partial charge < -0.3 is 19.7 Å². The molecule has 1 aromatic rings. The van der Waals surface area contributed by atoms with Crippen LogP contribution in [0.4, 0.5) is 0 Å². The van der Waals surface area contributed by atoms with Gasteiger partial charge in [0.05, 0.1) is 14.2 Å². The lowest BCUT2D eigenvalue weighted by Crippen LogP contribution is -2.48. The first-order chi connectivity index (χ1) is 12.1. The number of nitrogens with zero attached hydrogens (tertiary/aromatic N) is 2. The van der Waals surface area contributed by atoms with Crippen molar-refractivity contribution in [2.75, 3.05) is 40.4 Å². The van der Waals surface area contributed by atoms with Crippen molar-refractivity contribution in [2.24, 2.45) is 16.8 Å². The summed E-state index contributed by atoms with van der Waals surface area (Å²) in [7, 11) is 3.33. The number of methoxy groups -OCH3 is 2. The topological polar surface area (TPSA) is 46.1 Å². The molecule has 25 heavy (non-hydrogen) atoms. The van der Waals surface area contributed by atoms with E-state index in [1.54, 1.807) is 14.2 Å². The summed E-state index contributed by atoms with van der Waals surface area (Å²) >= 11 is 0. The molecule has 1 heterocycles. The molecule has 0 saturated carbocycles. The number of piperidine rings is 1. The van der Waals surface area contributed by atoms with Crippen LogP contribution in [0.15, 0.2) is 23.2 Å². The van der Waals surface area contributed by atoms with Crippen LogP contribution in [0.3, 0.4) is 0 Å². The van der Waals surface area contributed by atoms with Crippen molar-refractivity contribution in [3.8, 4) is 11.5 Å². The predicted molar refractivity (Wildman–Crippen MR) is 104 cm³/mol. The van der Waals surface area contributed by atoms with Crippen LogP contribution in [0.2, 0.25) is 0 Å². The van der Waals surface area contributed by atoms with E-state index >= 15 is 0 Å². The quantitative estimate of drug-likeness (QED) is 0.634. The van der Waals surface area contributed by atoms with E-state index in [-0.39, 0.29) is 0 Å². The van der Waals surface area contributed by atoms with Crippen LogP contribution in [-0.2, 0) is 6.42 Å². The molecule has 0 bridgehead atoms. The fourth-order valence-electron chi connectivity index (χ4n) is 3.59. The van der Waals surface area contributed by atoms with E-state index in [4.69, 9.17) is 14.5 Å². The van der Waals surface area contributed by atoms with Gasteiger partial charge in [-0.25, -0.2) is 0 Å². The molecule has 1 saturated heterocycles. The Morgan fingerprint density at radius 1 is 1.16 bits per heavy atom. The molecular weight excluding hydrogens is 314 g/mol. The maximum Gasteiger partial charge on any atom is 0.193 e. The van der Waals surface area contributed by atoms with Crippen molar-refractivity contribution in [3.63, 3.8) is 0 Å². The van der Waals surface area contributed by atoms with Crippen LogP contribution in [-0.4, -0.2) is 51.3 Å². The first-order valence-corrected chi connectivity index (χ1v) is 9.31. The average molecular weight is 348 g/mol. The molecule has 0 amide bonds. The van der Waals surface area contributed by atoms with E-state index in [0.29, 0.717) is 0 Å². The Bertz CT molecular complexity index is 564. The second-order valence-corrected chi connectivity index (χ2v) is 7.03. The minimum absolute atomic E-state index is 0.721. The van der Waals surface area contributed by atoms with E-state index in [1.165, 1.54) is 12.0 Å². The molecule has 0 aromatic heterocycles. The Morgan fingerprint density at radius 3 is 2.44 bits per heavy atom. The zero-order valence-electron chi connectivity index (χ0n) is 16.3. The van der Waals surface area contributed by atoms with Gasteiger partial charge in [-0.3, -0.25) is 4.99 Å². The summed E-state index contributed by atoms with van der Waals surface area (Å²) in [4.78, 5) is 7.27. The van der Waals surface area contributed by atoms with Crippen molar-refractivity contribution in [3.05, 3.63) is 23.8 Å². The molecule has 2 unspecified atom stereocenters. The van der Waals surface area contributed by atoms with Gasteiger partial charge in [0.1, 0.15) is 0 Å². The number of guanidine groups is 1. The van der Waals surface area contributed by atoms with Crippen molar-refractivity contribution >= 4 is 5.96 Å². The molecule has 0 spiro atoms. The first kappa shape index (κ1) is 19.4. The third kappa shape index (κ3) is 5.55. The van der Waals surface area contributed by atoms with E-state index in [1.807, 2.05) is 12.1 Å². The molecule has 5 heteroatoms. The number of aliphatic imine (C=N–C) groups is 1. The van der Waals surface area contributed by atoms with Crippen molar-refractivity contribution < 1.29 is 9.47 Å². The molecule has 1 aliphatic rings.